The topological polar surface area (TPSA) is 41.6 Å². The monoisotopic (exact) mass is 268 g/mol. The van der Waals surface area contributed by atoms with Gasteiger partial charge >= 0.3 is 12.3 Å². The summed E-state index contributed by atoms with van der Waals surface area (Å²) in [6.45, 7) is 5.11. The molecule has 106 valence electrons. The molecule has 1 aliphatic heterocycles. The van der Waals surface area contributed by atoms with Crippen LogP contribution in [0.1, 0.15) is 27.2 Å². The van der Waals surface area contributed by atoms with Gasteiger partial charge in [-0.1, -0.05) is 0 Å². The van der Waals surface area contributed by atoms with E-state index < -0.39 is 23.9 Å². The van der Waals surface area contributed by atoms with Crippen LogP contribution in [-0.2, 0) is 4.74 Å². The highest BCUT2D eigenvalue weighted by Crippen LogP contribution is 2.27. The number of alkyl halides is 3. The lowest BCUT2D eigenvalue weighted by Gasteiger charge is -2.33. The normalized spacial score (nSPS) is 22.6. The first-order chi connectivity index (χ1) is 8.11. The zero-order valence-electron chi connectivity index (χ0n) is 10.8. The van der Waals surface area contributed by atoms with Gasteiger partial charge in [-0.15, -0.1) is 0 Å². The first kappa shape index (κ1) is 15.1. The zero-order valence-corrected chi connectivity index (χ0v) is 10.8. The van der Waals surface area contributed by atoms with E-state index in [1.54, 1.807) is 20.8 Å². The largest absolute Gasteiger partial charge is 0.444 e. The third-order valence-electron chi connectivity index (χ3n) is 2.47. The number of rotatable bonds is 0. The van der Waals surface area contributed by atoms with E-state index in [2.05, 4.69) is 5.32 Å². The molecule has 0 aromatic rings. The summed E-state index contributed by atoms with van der Waals surface area (Å²) >= 11 is 0. The molecule has 1 fully saturated rings. The molecule has 7 heteroatoms. The highest BCUT2D eigenvalue weighted by molar-refractivity contribution is 5.68. The Morgan fingerprint density at radius 1 is 1.33 bits per heavy atom. The fourth-order valence-electron chi connectivity index (χ4n) is 1.71. The number of nitrogens with one attached hydrogen (secondary N) is 1. The first-order valence-corrected chi connectivity index (χ1v) is 5.88. The van der Waals surface area contributed by atoms with E-state index in [1.165, 1.54) is 0 Å². The quantitative estimate of drug-likeness (QED) is 0.732. The van der Waals surface area contributed by atoms with Gasteiger partial charge in [0.05, 0.1) is 0 Å². The standard InChI is InChI=1S/C11H19F3N2O2/c1-10(2,3)18-9(17)16-6-4-5-15-7-8(16)11(12,13)14/h8,15H,4-7H2,1-3H3. The summed E-state index contributed by atoms with van der Waals surface area (Å²) < 4.78 is 43.6. The SMILES string of the molecule is CC(C)(C)OC(=O)N1CCCNCC1C(F)(F)F. The summed E-state index contributed by atoms with van der Waals surface area (Å²) in [6.07, 6.45) is -4.88. The van der Waals surface area contributed by atoms with Crippen molar-refractivity contribution in [3.63, 3.8) is 0 Å². The van der Waals surface area contributed by atoms with Gasteiger partial charge in [-0.3, -0.25) is 4.90 Å². The summed E-state index contributed by atoms with van der Waals surface area (Å²) in [5.74, 6) is 0. The number of carbonyl (C=O) groups is 1. The van der Waals surface area contributed by atoms with Crippen molar-refractivity contribution in [1.82, 2.24) is 10.2 Å². The zero-order chi connectivity index (χ0) is 14.0. The van der Waals surface area contributed by atoms with Gasteiger partial charge in [0, 0.05) is 13.1 Å². The molecule has 1 unspecified atom stereocenters. The summed E-state index contributed by atoms with van der Waals surface area (Å²) in [7, 11) is 0. The highest BCUT2D eigenvalue weighted by atomic mass is 19.4. The van der Waals surface area contributed by atoms with Crippen molar-refractivity contribution in [2.45, 2.75) is 45.0 Å². The van der Waals surface area contributed by atoms with Crippen LogP contribution in [-0.4, -0.2) is 48.4 Å². The summed E-state index contributed by atoms with van der Waals surface area (Å²) in [5.41, 5.74) is -0.799. The first-order valence-electron chi connectivity index (χ1n) is 5.88. The summed E-state index contributed by atoms with van der Waals surface area (Å²) in [5, 5.41) is 2.68. The molecule has 1 saturated heterocycles. The number of nitrogens with zero attached hydrogens (tertiary/aromatic N) is 1. The number of ether oxygens (including phenoxy) is 1. The Morgan fingerprint density at radius 2 is 1.94 bits per heavy atom. The second kappa shape index (κ2) is 5.34. The van der Waals surface area contributed by atoms with E-state index in [1.807, 2.05) is 0 Å². The van der Waals surface area contributed by atoms with Gasteiger partial charge in [0.2, 0.25) is 0 Å². The maximum absolute atomic E-state index is 12.9. The molecule has 18 heavy (non-hydrogen) atoms. The summed E-state index contributed by atoms with van der Waals surface area (Å²) in [4.78, 5) is 12.6. The van der Waals surface area contributed by atoms with Gasteiger partial charge in [-0.2, -0.15) is 13.2 Å². The Kier molecular flexibility index (Phi) is 4.47. The molecule has 1 heterocycles. The van der Waals surface area contributed by atoms with Crippen molar-refractivity contribution in [2.75, 3.05) is 19.6 Å². The van der Waals surface area contributed by atoms with E-state index in [9.17, 15) is 18.0 Å². The molecule has 0 spiro atoms. The van der Waals surface area contributed by atoms with Crippen LogP contribution in [0.5, 0.6) is 0 Å². The van der Waals surface area contributed by atoms with Crippen LogP contribution in [0.15, 0.2) is 0 Å². The van der Waals surface area contributed by atoms with Crippen LogP contribution >= 0.6 is 0 Å². The van der Waals surface area contributed by atoms with Crippen molar-refractivity contribution < 1.29 is 22.7 Å². The van der Waals surface area contributed by atoms with Crippen molar-refractivity contribution in [1.29, 1.82) is 0 Å². The lowest BCUT2D eigenvalue weighted by atomic mass is 10.2. The minimum absolute atomic E-state index is 0.0477. The highest BCUT2D eigenvalue weighted by Gasteiger charge is 2.46. The molecule has 1 N–H and O–H groups in total. The molecule has 1 amide bonds. The van der Waals surface area contributed by atoms with E-state index in [0.717, 1.165) is 4.90 Å². The van der Waals surface area contributed by atoms with Gasteiger partial charge in [0.15, 0.2) is 0 Å². The Bertz CT molecular complexity index is 300. The molecule has 1 rings (SSSR count). The van der Waals surface area contributed by atoms with Crippen molar-refractivity contribution in [3.05, 3.63) is 0 Å². The number of hydrogen-bond donors (Lipinski definition) is 1. The van der Waals surface area contributed by atoms with Crippen molar-refractivity contribution in [2.24, 2.45) is 0 Å². The molecular formula is C11H19F3N2O2. The maximum atomic E-state index is 12.9. The number of hydrogen-bond acceptors (Lipinski definition) is 3. The van der Waals surface area contributed by atoms with Crippen LogP contribution in [0, 0.1) is 0 Å². The molecular weight excluding hydrogens is 249 g/mol. The van der Waals surface area contributed by atoms with Gasteiger partial charge in [0.1, 0.15) is 11.6 Å². The van der Waals surface area contributed by atoms with Gasteiger partial charge in [0.25, 0.3) is 0 Å². The molecule has 0 aromatic heterocycles. The van der Waals surface area contributed by atoms with Crippen LogP contribution in [0.4, 0.5) is 18.0 Å². The predicted octanol–water partition coefficient (Wildman–Crippen LogP) is 2.15. The van der Waals surface area contributed by atoms with Crippen LogP contribution < -0.4 is 5.32 Å². The Labute approximate surface area is 104 Å². The smallest absolute Gasteiger partial charge is 0.410 e. The molecule has 0 aliphatic carbocycles. The van der Waals surface area contributed by atoms with Crippen LogP contribution in [0.2, 0.25) is 0 Å². The van der Waals surface area contributed by atoms with Gasteiger partial charge in [-0.25, -0.2) is 4.79 Å². The van der Waals surface area contributed by atoms with E-state index in [4.69, 9.17) is 4.74 Å². The number of halogens is 3. The Balaban J connectivity index is 2.83. The third-order valence-corrected chi connectivity index (χ3v) is 2.47. The molecule has 1 atom stereocenters. The van der Waals surface area contributed by atoms with Crippen LogP contribution in [0.3, 0.4) is 0 Å². The summed E-state index contributed by atoms with van der Waals surface area (Å²) in [6, 6.07) is -1.82. The molecule has 4 nitrogen and oxygen atoms in total. The lowest BCUT2D eigenvalue weighted by molar-refractivity contribution is -0.177. The fraction of sp³-hybridized carbons (Fsp3) is 0.909. The number of carbonyl (C=O) groups excluding carboxylic acids is 1. The number of amides is 1. The average molecular weight is 268 g/mol. The average Bonchev–Trinajstić information content (AvgIpc) is 2.37. The van der Waals surface area contributed by atoms with Gasteiger partial charge < -0.3 is 10.1 Å². The predicted molar refractivity (Wildman–Crippen MR) is 60.3 cm³/mol. The molecule has 0 aromatic carbocycles. The van der Waals surface area contributed by atoms with Crippen molar-refractivity contribution >= 4 is 6.09 Å². The van der Waals surface area contributed by atoms with Crippen molar-refractivity contribution in [3.8, 4) is 0 Å². The van der Waals surface area contributed by atoms with E-state index >= 15 is 0 Å². The Hall–Kier alpha value is -0.980. The van der Waals surface area contributed by atoms with E-state index in [-0.39, 0.29) is 13.1 Å². The molecule has 0 radical (unpaired) electrons. The molecule has 0 saturated carbocycles. The molecule has 0 bridgehead atoms. The second-order valence-corrected chi connectivity index (χ2v) is 5.29. The minimum atomic E-state index is -4.45. The Morgan fingerprint density at radius 3 is 2.44 bits per heavy atom. The van der Waals surface area contributed by atoms with E-state index in [0.29, 0.717) is 13.0 Å². The minimum Gasteiger partial charge on any atom is -0.444 e. The maximum Gasteiger partial charge on any atom is 0.410 e. The van der Waals surface area contributed by atoms with Gasteiger partial charge in [-0.05, 0) is 33.7 Å². The van der Waals surface area contributed by atoms with Crippen LogP contribution in [0.25, 0.3) is 0 Å². The molecule has 1 aliphatic rings. The third kappa shape index (κ3) is 4.36. The second-order valence-electron chi connectivity index (χ2n) is 5.29. The lowest BCUT2D eigenvalue weighted by Crippen LogP contribution is -2.53. The fourth-order valence-corrected chi connectivity index (χ4v) is 1.71.